The van der Waals surface area contributed by atoms with Gasteiger partial charge in [0, 0.05) is 26.3 Å². The number of nitrogens with one attached hydrogen (secondary N) is 1. The maximum Gasteiger partial charge on any atom is 0.0618 e. The smallest absolute Gasteiger partial charge is 0.0618 e. The number of methoxy groups -OCH3 is 2. The van der Waals surface area contributed by atoms with Gasteiger partial charge in [0.25, 0.3) is 0 Å². The molecular formula is C11H25NO2. The van der Waals surface area contributed by atoms with E-state index in [-0.39, 0.29) is 0 Å². The van der Waals surface area contributed by atoms with Crippen molar-refractivity contribution < 1.29 is 9.47 Å². The number of hydrogen-bond donors (Lipinski definition) is 1. The van der Waals surface area contributed by atoms with Crippen molar-refractivity contribution in [3.05, 3.63) is 0 Å². The van der Waals surface area contributed by atoms with Crippen LogP contribution in [0.4, 0.5) is 0 Å². The van der Waals surface area contributed by atoms with Crippen LogP contribution in [0.3, 0.4) is 0 Å². The molecule has 2 unspecified atom stereocenters. The highest BCUT2D eigenvalue weighted by atomic mass is 16.5. The topological polar surface area (TPSA) is 30.5 Å². The van der Waals surface area contributed by atoms with Crippen LogP contribution in [0.5, 0.6) is 0 Å². The van der Waals surface area contributed by atoms with E-state index in [9.17, 15) is 0 Å². The minimum atomic E-state index is 0.417. The summed E-state index contributed by atoms with van der Waals surface area (Å²) in [5.74, 6) is 0.584. The summed E-state index contributed by atoms with van der Waals surface area (Å²) in [5.41, 5.74) is 0. The van der Waals surface area contributed by atoms with Gasteiger partial charge >= 0.3 is 0 Å². The molecule has 0 saturated carbocycles. The Balaban J connectivity index is 3.97. The minimum absolute atomic E-state index is 0.417. The van der Waals surface area contributed by atoms with Crippen LogP contribution in [0.1, 0.15) is 27.2 Å². The summed E-state index contributed by atoms with van der Waals surface area (Å²) in [4.78, 5) is 0. The fourth-order valence-corrected chi connectivity index (χ4v) is 1.40. The lowest BCUT2D eigenvalue weighted by atomic mass is 10.0. The van der Waals surface area contributed by atoms with E-state index in [1.165, 1.54) is 0 Å². The van der Waals surface area contributed by atoms with E-state index in [1.807, 2.05) is 0 Å². The van der Waals surface area contributed by atoms with Crippen molar-refractivity contribution in [3.63, 3.8) is 0 Å². The van der Waals surface area contributed by atoms with E-state index in [0.717, 1.165) is 19.6 Å². The first kappa shape index (κ1) is 13.9. The summed E-state index contributed by atoms with van der Waals surface area (Å²) in [6.07, 6.45) is 1.08. The quantitative estimate of drug-likeness (QED) is 0.651. The van der Waals surface area contributed by atoms with Crippen LogP contribution >= 0.6 is 0 Å². The molecule has 0 aliphatic rings. The Labute approximate surface area is 88.2 Å². The zero-order valence-electron chi connectivity index (χ0n) is 10.2. The molecule has 3 nitrogen and oxygen atoms in total. The van der Waals surface area contributed by atoms with Gasteiger partial charge in [-0.3, -0.25) is 0 Å². The van der Waals surface area contributed by atoms with Gasteiger partial charge in [0.2, 0.25) is 0 Å². The second-order valence-electron chi connectivity index (χ2n) is 4.03. The lowest BCUT2D eigenvalue weighted by Gasteiger charge is -2.26. The molecule has 0 aromatic heterocycles. The Morgan fingerprint density at radius 3 is 2.00 bits per heavy atom. The summed E-state index contributed by atoms with van der Waals surface area (Å²) >= 11 is 0. The van der Waals surface area contributed by atoms with E-state index >= 15 is 0 Å². The van der Waals surface area contributed by atoms with Crippen molar-refractivity contribution in [2.75, 3.05) is 27.4 Å². The summed E-state index contributed by atoms with van der Waals surface area (Å²) < 4.78 is 10.3. The molecule has 0 aromatic carbocycles. The van der Waals surface area contributed by atoms with Gasteiger partial charge in [0.05, 0.1) is 13.2 Å². The zero-order valence-corrected chi connectivity index (χ0v) is 10.2. The average Bonchev–Trinajstić information content (AvgIpc) is 2.15. The first-order chi connectivity index (χ1) is 6.65. The van der Waals surface area contributed by atoms with E-state index in [0.29, 0.717) is 18.0 Å². The van der Waals surface area contributed by atoms with Crippen LogP contribution in [0, 0.1) is 5.92 Å². The standard InChI is InChI=1S/C11H25NO2/c1-6-10(7-13-4)12-11(8-14-5)9(2)3/h9-12H,6-8H2,1-5H3. The predicted octanol–water partition coefficient (Wildman–Crippen LogP) is 1.67. The highest BCUT2D eigenvalue weighted by Crippen LogP contribution is 2.04. The van der Waals surface area contributed by atoms with Crippen molar-refractivity contribution >= 4 is 0 Å². The molecule has 0 heterocycles. The lowest BCUT2D eigenvalue weighted by molar-refractivity contribution is 0.114. The van der Waals surface area contributed by atoms with Gasteiger partial charge in [-0.25, -0.2) is 0 Å². The maximum atomic E-state index is 5.19. The average molecular weight is 203 g/mol. The molecule has 0 aromatic rings. The van der Waals surface area contributed by atoms with E-state index in [4.69, 9.17) is 9.47 Å². The van der Waals surface area contributed by atoms with Crippen LogP contribution in [-0.2, 0) is 9.47 Å². The van der Waals surface area contributed by atoms with Crippen LogP contribution in [0.2, 0.25) is 0 Å². The monoisotopic (exact) mass is 203 g/mol. The molecule has 0 rings (SSSR count). The number of ether oxygens (including phenoxy) is 2. The predicted molar refractivity (Wildman–Crippen MR) is 59.6 cm³/mol. The van der Waals surface area contributed by atoms with Gasteiger partial charge < -0.3 is 14.8 Å². The van der Waals surface area contributed by atoms with Crippen LogP contribution in [-0.4, -0.2) is 39.5 Å². The molecule has 14 heavy (non-hydrogen) atoms. The second-order valence-corrected chi connectivity index (χ2v) is 4.03. The highest BCUT2D eigenvalue weighted by Gasteiger charge is 2.16. The van der Waals surface area contributed by atoms with Gasteiger partial charge in [-0.15, -0.1) is 0 Å². The normalized spacial score (nSPS) is 15.9. The summed E-state index contributed by atoms with van der Waals surface area (Å²) in [6, 6.07) is 0.850. The molecule has 0 amide bonds. The van der Waals surface area contributed by atoms with Gasteiger partial charge in [0.1, 0.15) is 0 Å². The Hall–Kier alpha value is -0.120. The van der Waals surface area contributed by atoms with Crippen molar-refractivity contribution in [2.24, 2.45) is 5.92 Å². The molecule has 1 N–H and O–H groups in total. The summed E-state index contributed by atoms with van der Waals surface area (Å²) in [6.45, 7) is 8.11. The first-order valence-corrected chi connectivity index (χ1v) is 5.39. The molecule has 0 aliphatic heterocycles. The molecular weight excluding hydrogens is 178 g/mol. The molecule has 2 atom stereocenters. The zero-order chi connectivity index (χ0) is 11.0. The van der Waals surface area contributed by atoms with Gasteiger partial charge in [-0.2, -0.15) is 0 Å². The molecule has 3 heteroatoms. The number of hydrogen-bond acceptors (Lipinski definition) is 3. The fourth-order valence-electron chi connectivity index (χ4n) is 1.40. The molecule has 86 valence electrons. The molecule has 0 saturated heterocycles. The van der Waals surface area contributed by atoms with E-state index in [2.05, 4.69) is 26.1 Å². The molecule has 0 radical (unpaired) electrons. The SMILES string of the molecule is CCC(COC)NC(COC)C(C)C. The Morgan fingerprint density at radius 1 is 1.07 bits per heavy atom. The first-order valence-electron chi connectivity index (χ1n) is 5.39. The summed E-state index contributed by atoms with van der Waals surface area (Å²) in [7, 11) is 3.49. The van der Waals surface area contributed by atoms with Gasteiger partial charge in [-0.05, 0) is 12.3 Å². The van der Waals surface area contributed by atoms with Crippen molar-refractivity contribution in [1.82, 2.24) is 5.32 Å². The minimum Gasteiger partial charge on any atom is -0.383 e. The third kappa shape index (κ3) is 5.58. The highest BCUT2D eigenvalue weighted by molar-refractivity contribution is 4.75. The van der Waals surface area contributed by atoms with Gasteiger partial charge in [-0.1, -0.05) is 20.8 Å². The molecule has 0 fully saturated rings. The third-order valence-electron chi connectivity index (χ3n) is 2.46. The third-order valence-corrected chi connectivity index (χ3v) is 2.46. The van der Waals surface area contributed by atoms with Crippen molar-refractivity contribution in [2.45, 2.75) is 39.3 Å². The van der Waals surface area contributed by atoms with Gasteiger partial charge in [0.15, 0.2) is 0 Å². The molecule has 0 bridgehead atoms. The summed E-state index contributed by atoms with van der Waals surface area (Å²) in [5, 5.41) is 3.56. The largest absolute Gasteiger partial charge is 0.383 e. The molecule has 0 aliphatic carbocycles. The van der Waals surface area contributed by atoms with Crippen molar-refractivity contribution in [3.8, 4) is 0 Å². The second kappa shape index (κ2) is 8.21. The Morgan fingerprint density at radius 2 is 1.64 bits per heavy atom. The lowest BCUT2D eigenvalue weighted by Crippen LogP contribution is -2.45. The van der Waals surface area contributed by atoms with Crippen molar-refractivity contribution in [1.29, 1.82) is 0 Å². The fraction of sp³-hybridized carbons (Fsp3) is 1.00. The Kier molecular flexibility index (Phi) is 8.14. The van der Waals surface area contributed by atoms with E-state index in [1.54, 1.807) is 14.2 Å². The van der Waals surface area contributed by atoms with Crippen LogP contribution in [0.25, 0.3) is 0 Å². The maximum absolute atomic E-state index is 5.19. The van der Waals surface area contributed by atoms with Crippen LogP contribution < -0.4 is 5.32 Å². The van der Waals surface area contributed by atoms with E-state index < -0.39 is 0 Å². The Bertz CT molecular complexity index is 128. The number of rotatable bonds is 8. The molecule has 0 spiro atoms. The van der Waals surface area contributed by atoms with Crippen LogP contribution in [0.15, 0.2) is 0 Å².